The zero-order valence-electron chi connectivity index (χ0n) is 11.7. The summed E-state index contributed by atoms with van der Waals surface area (Å²) in [7, 11) is 1.53. The average Bonchev–Trinajstić information content (AvgIpc) is 2.43. The van der Waals surface area contributed by atoms with Crippen LogP contribution in [0.25, 0.3) is 0 Å². The number of rotatable bonds is 3. The summed E-state index contributed by atoms with van der Waals surface area (Å²) in [4.78, 5) is 12.1. The molecular formula is C16H16FNO2. The van der Waals surface area contributed by atoms with Gasteiger partial charge in [-0.3, -0.25) is 4.79 Å². The highest BCUT2D eigenvalue weighted by Gasteiger charge is 2.14. The molecule has 1 N–H and O–H groups in total. The largest absolute Gasteiger partial charge is 0.495 e. The van der Waals surface area contributed by atoms with Gasteiger partial charge in [0.2, 0.25) is 0 Å². The Morgan fingerprint density at radius 3 is 2.45 bits per heavy atom. The van der Waals surface area contributed by atoms with Crippen LogP contribution in [-0.2, 0) is 0 Å². The van der Waals surface area contributed by atoms with E-state index >= 15 is 0 Å². The minimum absolute atomic E-state index is 0.0210. The van der Waals surface area contributed by atoms with E-state index in [0.29, 0.717) is 11.4 Å². The monoisotopic (exact) mass is 273 g/mol. The van der Waals surface area contributed by atoms with Gasteiger partial charge in [0, 0.05) is 0 Å². The fraction of sp³-hybridized carbons (Fsp3) is 0.188. The van der Waals surface area contributed by atoms with Crippen molar-refractivity contribution in [3.63, 3.8) is 0 Å². The van der Waals surface area contributed by atoms with Crippen LogP contribution in [0.5, 0.6) is 5.75 Å². The number of ether oxygens (including phenoxy) is 1. The number of hydrogen-bond acceptors (Lipinski definition) is 2. The summed E-state index contributed by atoms with van der Waals surface area (Å²) in [6, 6.07) is 9.83. The summed E-state index contributed by atoms with van der Waals surface area (Å²) in [5, 5.41) is 2.67. The van der Waals surface area contributed by atoms with Crippen LogP contribution < -0.4 is 10.1 Å². The zero-order chi connectivity index (χ0) is 14.7. The van der Waals surface area contributed by atoms with E-state index in [1.807, 2.05) is 26.0 Å². The molecular weight excluding hydrogens is 257 g/mol. The highest BCUT2D eigenvalue weighted by atomic mass is 19.1. The third-order valence-corrected chi connectivity index (χ3v) is 2.97. The lowest BCUT2D eigenvalue weighted by Crippen LogP contribution is -2.14. The molecule has 4 heteroatoms. The van der Waals surface area contributed by atoms with Crippen molar-refractivity contribution in [3.8, 4) is 5.75 Å². The fourth-order valence-corrected chi connectivity index (χ4v) is 1.90. The summed E-state index contributed by atoms with van der Waals surface area (Å²) in [6.45, 7) is 3.73. The number of carbonyl (C=O) groups excluding carboxylic acids is 1. The second kappa shape index (κ2) is 5.74. The van der Waals surface area contributed by atoms with Crippen LogP contribution in [0.4, 0.5) is 10.1 Å². The van der Waals surface area contributed by atoms with Gasteiger partial charge in [-0.25, -0.2) is 4.39 Å². The SMILES string of the molecule is COc1cc(C)ccc1NC(=O)c1cc(C)ccc1F. The number of methoxy groups -OCH3 is 1. The van der Waals surface area contributed by atoms with Crippen molar-refractivity contribution in [3.05, 3.63) is 58.9 Å². The van der Waals surface area contributed by atoms with E-state index in [2.05, 4.69) is 5.32 Å². The highest BCUT2D eigenvalue weighted by Crippen LogP contribution is 2.26. The van der Waals surface area contributed by atoms with E-state index in [1.165, 1.54) is 19.2 Å². The van der Waals surface area contributed by atoms with E-state index in [9.17, 15) is 9.18 Å². The van der Waals surface area contributed by atoms with E-state index in [4.69, 9.17) is 4.74 Å². The van der Waals surface area contributed by atoms with Crippen LogP contribution in [-0.4, -0.2) is 13.0 Å². The maximum Gasteiger partial charge on any atom is 0.258 e. The van der Waals surface area contributed by atoms with Gasteiger partial charge in [-0.1, -0.05) is 17.7 Å². The summed E-state index contributed by atoms with van der Waals surface area (Å²) in [5.74, 6) is -0.487. The number of nitrogens with one attached hydrogen (secondary N) is 1. The van der Waals surface area contributed by atoms with Gasteiger partial charge in [0.05, 0.1) is 18.4 Å². The van der Waals surface area contributed by atoms with E-state index in [0.717, 1.165) is 11.1 Å². The summed E-state index contributed by atoms with van der Waals surface area (Å²) in [6.07, 6.45) is 0. The average molecular weight is 273 g/mol. The van der Waals surface area contributed by atoms with Gasteiger partial charge in [0.25, 0.3) is 5.91 Å². The third kappa shape index (κ3) is 2.96. The minimum atomic E-state index is -0.542. The van der Waals surface area contributed by atoms with Crippen molar-refractivity contribution >= 4 is 11.6 Å². The molecule has 2 aromatic carbocycles. The molecule has 0 unspecified atom stereocenters. The first-order valence-corrected chi connectivity index (χ1v) is 6.23. The van der Waals surface area contributed by atoms with Crippen molar-refractivity contribution in [1.82, 2.24) is 0 Å². The molecule has 104 valence electrons. The van der Waals surface area contributed by atoms with Crippen LogP contribution >= 0.6 is 0 Å². The number of anilines is 1. The lowest BCUT2D eigenvalue weighted by molar-refractivity contribution is 0.102. The maximum absolute atomic E-state index is 13.7. The maximum atomic E-state index is 13.7. The number of benzene rings is 2. The Hall–Kier alpha value is -2.36. The third-order valence-electron chi connectivity index (χ3n) is 2.97. The molecule has 0 aliphatic heterocycles. The summed E-state index contributed by atoms with van der Waals surface area (Å²) < 4.78 is 18.9. The van der Waals surface area contributed by atoms with Gasteiger partial charge in [0.15, 0.2) is 0 Å². The molecule has 0 bridgehead atoms. The van der Waals surface area contributed by atoms with Crippen molar-refractivity contribution in [1.29, 1.82) is 0 Å². The van der Waals surface area contributed by atoms with Crippen LogP contribution in [0, 0.1) is 19.7 Å². The Kier molecular flexibility index (Phi) is 4.03. The number of halogens is 1. The molecule has 0 radical (unpaired) electrons. The normalized spacial score (nSPS) is 10.2. The molecule has 0 saturated carbocycles. The van der Waals surface area contributed by atoms with Gasteiger partial charge in [-0.15, -0.1) is 0 Å². The molecule has 0 aromatic heterocycles. The molecule has 2 rings (SSSR count). The molecule has 3 nitrogen and oxygen atoms in total. The van der Waals surface area contributed by atoms with Gasteiger partial charge in [-0.05, 0) is 43.7 Å². The first-order valence-electron chi connectivity index (χ1n) is 6.23. The second-order valence-electron chi connectivity index (χ2n) is 4.64. The number of carbonyl (C=O) groups is 1. The molecule has 0 spiro atoms. The summed E-state index contributed by atoms with van der Waals surface area (Å²) in [5.41, 5.74) is 2.38. The molecule has 0 atom stereocenters. The van der Waals surface area contributed by atoms with Crippen LogP contribution in [0.3, 0.4) is 0 Å². The van der Waals surface area contributed by atoms with Gasteiger partial charge >= 0.3 is 0 Å². The molecule has 20 heavy (non-hydrogen) atoms. The first kappa shape index (κ1) is 14.1. The highest BCUT2D eigenvalue weighted by molar-refractivity contribution is 6.05. The molecule has 1 amide bonds. The van der Waals surface area contributed by atoms with Crippen molar-refractivity contribution < 1.29 is 13.9 Å². The number of hydrogen-bond donors (Lipinski definition) is 1. The predicted molar refractivity (Wildman–Crippen MR) is 76.8 cm³/mol. The molecule has 0 aliphatic rings. The topological polar surface area (TPSA) is 38.3 Å². The summed E-state index contributed by atoms with van der Waals surface area (Å²) >= 11 is 0. The molecule has 0 saturated heterocycles. The van der Waals surface area contributed by atoms with Gasteiger partial charge < -0.3 is 10.1 Å². The number of aryl methyl sites for hydroxylation is 2. The Bertz CT molecular complexity index is 653. The molecule has 0 heterocycles. The molecule has 2 aromatic rings. The Morgan fingerprint density at radius 2 is 1.75 bits per heavy atom. The fourth-order valence-electron chi connectivity index (χ4n) is 1.90. The van der Waals surface area contributed by atoms with Gasteiger partial charge in [-0.2, -0.15) is 0 Å². The zero-order valence-corrected chi connectivity index (χ0v) is 11.7. The standard InChI is InChI=1S/C16H16FNO2/c1-10-4-6-13(17)12(8-10)16(19)18-14-7-5-11(2)9-15(14)20-3/h4-9H,1-3H3,(H,18,19). The quantitative estimate of drug-likeness (QED) is 0.926. The van der Waals surface area contributed by atoms with Crippen LogP contribution in [0.2, 0.25) is 0 Å². The van der Waals surface area contributed by atoms with E-state index in [1.54, 1.807) is 12.1 Å². The van der Waals surface area contributed by atoms with Crippen LogP contribution in [0.1, 0.15) is 21.5 Å². The Morgan fingerprint density at radius 1 is 1.10 bits per heavy atom. The molecule has 0 fully saturated rings. The lowest BCUT2D eigenvalue weighted by Gasteiger charge is -2.11. The van der Waals surface area contributed by atoms with Gasteiger partial charge in [0.1, 0.15) is 11.6 Å². The smallest absolute Gasteiger partial charge is 0.258 e. The van der Waals surface area contributed by atoms with Crippen LogP contribution in [0.15, 0.2) is 36.4 Å². The van der Waals surface area contributed by atoms with Crippen molar-refractivity contribution in [2.24, 2.45) is 0 Å². The van der Waals surface area contributed by atoms with Crippen molar-refractivity contribution in [2.45, 2.75) is 13.8 Å². The van der Waals surface area contributed by atoms with E-state index < -0.39 is 11.7 Å². The predicted octanol–water partition coefficient (Wildman–Crippen LogP) is 3.70. The minimum Gasteiger partial charge on any atom is -0.495 e. The first-order chi connectivity index (χ1) is 9.51. The lowest BCUT2D eigenvalue weighted by atomic mass is 10.1. The molecule has 0 aliphatic carbocycles. The van der Waals surface area contributed by atoms with Crippen molar-refractivity contribution in [2.75, 3.05) is 12.4 Å². The van der Waals surface area contributed by atoms with E-state index in [-0.39, 0.29) is 5.56 Å². The Balaban J connectivity index is 2.30. The number of amides is 1. The Labute approximate surface area is 117 Å². The second-order valence-corrected chi connectivity index (χ2v) is 4.64.